The van der Waals surface area contributed by atoms with Crippen molar-refractivity contribution in [3.8, 4) is 0 Å². The molecule has 11 heavy (non-hydrogen) atoms. The Morgan fingerprint density at radius 2 is 1.91 bits per heavy atom. The molecule has 0 aliphatic rings. The molecule has 0 aliphatic carbocycles. The van der Waals surface area contributed by atoms with E-state index in [0.29, 0.717) is 0 Å². The second-order valence-electron chi connectivity index (χ2n) is 2.61. The highest BCUT2D eigenvalue weighted by molar-refractivity contribution is 7.80. The van der Waals surface area contributed by atoms with Gasteiger partial charge in [-0.25, -0.2) is 0 Å². The molecule has 2 heteroatoms. The first-order valence-corrected chi connectivity index (χ1v) is 4.23. The van der Waals surface area contributed by atoms with Crippen LogP contribution in [0.4, 0.5) is 0 Å². The van der Waals surface area contributed by atoms with Crippen LogP contribution in [0.1, 0.15) is 24.9 Å². The normalized spacial score (nSPS) is 13.0. The van der Waals surface area contributed by atoms with E-state index >= 15 is 0 Å². The summed E-state index contributed by atoms with van der Waals surface area (Å²) < 4.78 is 0. The summed E-state index contributed by atoms with van der Waals surface area (Å²) >= 11 is 4.19. The number of hydrogen-bond acceptors (Lipinski definition) is 2. The molecule has 0 aliphatic heterocycles. The summed E-state index contributed by atoms with van der Waals surface area (Å²) in [5.41, 5.74) is 7.00. The Hall–Kier alpha value is -0.470. The van der Waals surface area contributed by atoms with Crippen LogP contribution in [0.3, 0.4) is 0 Å². The summed E-state index contributed by atoms with van der Waals surface area (Å²) in [6.45, 7) is 2.08. The zero-order valence-electron chi connectivity index (χ0n) is 6.62. The number of nitrogens with two attached hydrogens (primary N) is 1. The van der Waals surface area contributed by atoms with Crippen LogP contribution in [0.15, 0.2) is 29.2 Å². The third-order valence-electron chi connectivity index (χ3n) is 1.76. The summed E-state index contributed by atoms with van der Waals surface area (Å²) in [4.78, 5) is 0.983. The number of thiol groups is 1. The number of rotatable bonds is 2. The van der Waals surface area contributed by atoms with Crippen molar-refractivity contribution in [2.24, 2.45) is 5.73 Å². The number of hydrogen-bond donors (Lipinski definition) is 2. The first-order chi connectivity index (χ1) is 5.24. The Morgan fingerprint density at radius 1 is 1.36 bits per heavy atom. The van der Waals surface area contributed by atoms with Crippen molar-refractivity contribution in [1.82, 2.24) is 0 Å². The molecule has 0 aromatic heterocycles. The Balaban J connectivity index is 2.81. The smallest absolute Gasteiger partial charge is 0.0292 e. The highest BCUT2D eigenvalue weighted by Crippen LogP contribution is 2.15. The van der Waals surface area contributed by atoms with E-state index in [1.165, 1.54) is 5.56 Å². The van der Waals surface area contributed by atoms with Crippen LogP contribution in [0, 0.1) is 0 Å². The SMILES string of the molecule is CC[C@H](N)c1ccc(S)cc1. The molecule has 1 rings (SSSR count). The third-order valence-corrected chi connectivity index (χ3v) is 2.06. The lowest BCUT2D eigenvalue weighted by atomic mass is 10.1. The molecule has 1 aromatic carbocycles. The van der Waals surface area contributed by atoms with E-state index in [4.69, 9.17) is 5.73 Å². The summed E-state index contributed by atoms with van der Waals surface area (Å²) in [5, 5.41) is 0. The van der Waals surface area contributed by atoms with E-state index in [1.54, 1.807) is 0 Å². The van der Waals surface area contributed by atoms with Gasteiger partial charge in [0, 0.05) is 10.9 Å². The van der Waals surface area contributed by atoms with Crippen molar-refractivity contribution in [2.45, 2.75) is 24.3 Å². The Kier molecular flexibility index (Phi) is 2.97. The quantitative estimate of drug-likeness (QED) is 0.650. The van der Waals surface area contributed by atoms with Crippen molar-refractivity contribution >= 4 is 12.6 Å². The van der Waals surface area contributed by atoms with Crippen LogP contribution >= 0.6 is 12.6 Å². The molecule has 0 unspecified atom stereocenters. The van der Waals surface area contributed by atoms with Crippen LogP contribution in [0.25, 0.3) is 0 Å². The molecule has 0 amide bonds. The highest BCUT2D eigenvalue weighted by atomic mass is 32.1. The fourth-order valence-corrected chi connectivity index (χ4v) is 1.11. The lowest BCUT2D eigenvalue weighted by Crippen LogP contribution is -2.07. The van der Waals surface area contributed by atoms with Crippen LogP contribution in [-0.4, -0.2) is 0 Å². The topological polar surface area (TPSA) is 26.0 Å². The van der Waals surface area contributed by atoms with E-state index in [1.807, 2.05) is 24.3 Å². The second-order valence-corrected chi connectivity index (χ2v) is 3.12. The molecular formula is C9H13NS. The van der Waals surface area contributed by atoms with Gasteiger partial charge < -0.3 is 5.73 Å². The minimum Gasteiger partial charge on any atom is -0.324 e. The van der Waals surface area contributed by atoms with Gasteiger partial charge in [-0.2, -0.15) is 0 Å². The van der Waals surface area contributed by atoms with Gasteiger partial charge in [0.1, 0.15) is 0 Å². The maximum absolute atomic E-state index is 5.82. The van der Waals surface area contributed by atoms with Gasteiger partial charge in [0.2, 0.25) is 0 Å². The molecule has 0 saturated carbocycles. The van der Waals surface area contributed by atoms with Crippen LogP contribution in [-0.2, 0) is 0 Å². The lowest BCUT2D eigenvalue weighted by molar-refractivity contribution is 0.698. The van der Waals surface area contributed by atoms with E-state index in [-0.39, 0.29) is 6.04 Å². The van der Waals surface area contributed by atoms with Gasteiger partial charge in [0.15, 0.2) is 0 Å². The first kappa shape index (κ1) is 8.62. The third kappa shape index (κ3) is 2.24. The molecule has 1 aromatic rings. The van der Waals surface area contributed by atoms with E-state index < -0.39 is 0 Å². The molecule has 2 N–H and O–H groups in total. The Bertz CT molecular complexity index is 218. The standard InChI is InChI=1S/C9H13NS/c1-2-9(10)7-3-5-8(11)6-4-7/h3-6,9,11H,2,10H2,1H3/t9-/m0/s1. The first-order valence-electron chi connectivity index (χ1n) is 3.78. The summed E-state index contributed by atoms with van der Waals surface area (Å²) in [7, 11) is 0. The average molecular weight is 167 g/mol. The maximum atomic E-state index is 5.82. The van der Waals surface area contributed by atoms with Crippen molar-refractivity contribution in [3.05, 3.63) is 29.8 Å². The largest absolute Gasteiger partial charge is 0.324 e. The lowest BCUT2D eigenvalue weighted by Gasteiger charge is -2.08. The van der Waals surface area contributed by atoms with Crippen molar-refractivity contribution in [3.63, 3.8) is 0 Å². The van der Waals surface area contributed by atoms with Crippen LogP contribution in [0.2, 0.25) is 0 Å². The zero-order valence-corrected chi connectivity index (χ0v) is 7.51. The summed E-state index contributed by atoms with van der Waals surface area (Å²) in [6, 6.07) is 8.15. The minimum atomic E-state index is 0.170. The monoisotopic (exact) mass is 167 g/mol. The van der Waals surface area contributed by atoms with Gasteiger partial charge in [-0.3, -0.25) is 0 Å². The molecule has 0 saturated heterocycles. The molecule has 1 nitrogen and oxygen atoms in total. The number of benzene rings is 1. The molecule has 1 atom stereocenters. The van der Waals surface area contributed by atoms with Crippen LogP contribution in [0.5, 0.6) is 0 Å². The van der Waals surface area contributed by atoms with E-state index in [9.17, 15) is 0 Å². The molecule has 0 heterocycles. The molecular weight excluding hydrogens is 154 g/mol. The predicted molar refractivity (Wildman–Crippen MR) is 50.9 cm³/mol. The predicted octanol–water partition coefficient (Wildman–Crippen LogP) is 2.39. The van der Waals surface area contributed by atoms with Gasteiger partial charge in [0.25, 0.3) is 0 Å². The van der Waals surface area contributed by atoms with Gasteiger partial charge in [-0.15, -0.1) is 12.6 Å². The molecule has 0 radical (unpaired) electrons. The molecule has 0 spiro atoms. The van der Waals surface area contributed by atoms with Gasteiger partial charge in [0.05, 0.1) is 0 Å². The Labute approximate surface area is 73.0 Å². The maximum Gasteiger partial charge on any atom is 0.0292 e. The second kappa shape index (κ2) is 3.79. The summed E-state index contributed by atoms with van der Waals surface area (Å²) in [5.74, 6) is 0. The van der Waals surface area contributed by atoms with E-state index in [0.717, 1.165) is 11.3 Å². The minimum absolute atomic E-state index is 0.170. The van der Waals surface area contributed by atoms with E-state index in [2.05, 4.69) is 19.6 Å². The van der Waals surface area contributed by atoms with Crippen molar-refractivity contribution in [1.29, 1.82) is 0 Å². The fourth-order valence-electron chi connectivity index (χ4n) is 0.957. The Morgan fingerprint density at radius 3 is 2.36 bits per heavy atom. The van der Waals surface area contributed by atoms with Crippen molar-refractivity contribution < 1.29 is 0 Å². The van der Waals surface area contributed by atoms with Gasteiger partial charge >= 0.3 is 0 Å². The molecule has 0 bridgehead atoms. The fraction of sp³-hybridized carbons (Fsp3) is 0.333. The average Bonchev–Trinajstić information content (AvgIpc) is 2.05. The van der Waals surface area contributed by atoms with Gasteiger partial charge in [-0.1, -0.05) is 19.1 Å². The van der Waals surface area contributed by atoms with Crippen LogP contribution < -0.4 is 5.73 Å². The van der Waals surface area contributed by atoms with Crippen molar-refractivity contribution in [2.75, 3.05) is 0 Å². The van der Waals surface area contributed by atoms with Gasteiger partial charge in [-0.05, 0) is 24.1 Å². The highest BCUT2D eigenvalue weighted by Gasteiger charge is 2.00. The molecule has 60 valence electrons. The summed E-state index contributed by atoms with van der Waals surface area (Å²) in [6.07, 6.45) is 0.978. The molecule has 0 fully saturated rings. The zero-order chi connectivity index (χ0) is 8.27.